The summed E-state index contributed by atoms with van der Waals surface area (Å²) in [6, 6.07) is 0. The van der Waals surface area contributed by atoms with Crippen LogP contribution in [0.4, 0.5) is 0 Å². The Bertz CT molecular complexity index is 165. The third-order valence-corrected chi connectivity index (χ3v) is 4.09. The Labute approximate surface area is 133 Å². The lowest BCUT2D eigenvalue weighted by Crippen LogP contribution is -2.32. The van der Waals surface area contributed by atoms with Crippen molar-refractivity contribution in [1.29, 1.82) is 0 Å². The fourth-order valence-electron chi connectivity index (χ4n) is 1.12. The molecule has 1 rings (SSSR count). The predicted molar refractivity (Wildman–Crippen MR) is 83.4 cm³/mol. The van der Waals surface area contributed by atoms with E-state index in [9.17, 15) is 0 Å². The van der Waals surface area contributed by atoms with Gasteiger partial charge < -0.3 is 35.4 Å². The van der Waals surface area contributed by atoms with Crippen LogP contribution in [-0.4, -0.2) is 83.5 Å². The van der Waals surface area contributed by atoms with Gasteiger partial charge in [0.2, 0.25) is 0 Å². The second-order valence-corrected chi connectivity index (χ2v) is 5.62. The molecule has 1 heterocycles. The van der Waals surface area contributed by atoms with Gasteiger partial charge in [0.25, 0.3) is 0 Å². The van der Waals surface area contributed by atoms with Crippen LogP contribution in [0.5, 0.6) is 0 Å². The standard InChI is InChI=1S/2C6H14O3.C3H6O/c2*1-2-6(3-7,4-8)5-9;1-2-4-3-1/h2*7-9H,2-5H2,1H3;1-3H2. The molecule has 0 unspecified atom stereocenters. The highest BCUT2D eigenvalue weighted by molar-refractivity contribution is 4.74. The Morgan fingerprint density at radius 2 is 0.818 bits per heavy atom. The van der Waals surface area contributed by atoms with Gasteiger partial charge >= 0.3 is 0 Å². The molecule has 7 nitrogen and oxygen atoms in total. The normalized spacial score (nSPS) is 14.2. The van der Waals surface area contributed by atoms with Gasteiger partial charge in [0.1, 0.15) is 0 Å². The van der Waals surface area contributed by atoms with Gasteiger partial charge in [0.15, 0.2) is 0 Å². The molecule has 0 aromatic carbocycles. The van der Waals surface area contributed by atoms with Crippen LogP contribution in [0.3, 0.4) is 0 Å². The minimum atomic E-state index is -0.667. The highest BCUT2D eigenvalue weighted by Gasteiger charge is 2.25. The summed E-state index contributed by atoms with van der Waals surface area (Å²) in [7, 11) is 0. The van der Waals surface area contributed by atoms with Gasteiger partial charge in [0, 0.05) is 24.0 Å². The Morgan fingerprint density at radius 1 is 0.636 bits per heavy atom. The molecule has 0 aliphatic carbocycles. The predicted octanol–water partition coefficient (Wildman–Crippen LogP) is -0.874. The molecule has 22 heavy (non-hydrogen) atoms. The van der Waals surface area contributed by atoms with Crippen LogP contribution in [0.25, 0.3) is 0 Å². The van der Waals surface area contributed by atoms with Crippen LogP contribution in [-0.2, 0) is 4.74 Å². The molecule has 0 amide bonds. The number of rotatable bonds is 8. The minimum Gasteiger partial charge on any atom is -0.396 e. The van der Waals surface area contributed by atoms with Gasteiger partial charge in [-0.3, -0.25) is 0 Å². The first-order valence-corrected chi connectivity index (χ1v) is 7.72. The van der Waals surface area contributed by atoms with Gasteiger partial charge in [-0.15, -0.1) is 0 Å². The van der Waals surface area contributed by atoms with E-state index in [1.165, 1.54) is 6.42 Å². The number of aliphatic hydroxyl groups excluding tert-OH is 6. The van der Waals surface area contributed by atoms with Crippen molar-refractivity contribution in [3.8, 4) is 0 Å². The van der Waals surface area contributed by atoms with E-state index in [0.29, 0.717) is 12.8 Å². The minimum absolute atomic E-state index is 0.156. The highest BCUT2D eigenvalue weighted by atomic mass is 16.5. The molecule has 0 radical (unpaired) electrons. The van der Waals surface area contributed by atoms with Gasteiger partial charge in [-0.2, -0.15) is 0 Å². The third-order valence-electron chi connectivity index (χ3n) is 4.09. The lowest BCUT2D eigenvalue weighted by molar-refractivity contribution is 0.00275. The zero-order valence-corrected chi connectivity index (χ0v) is 13.9. The lowest BCUT2D eigenvalue weighted by Gasteiger charge is -2.24. The Balaban J connectivity index is 0. The molecular formula is C15H34O7. The molecule has 7 heteroatoms. The molecule has 1 aliphatic heterocycles. The summed E-state index contributed by atoms with van der Waals surface area (Å²) in [5.41, 5.74) is -1.33. The van der Waals surface area contributed by atoms with E-state index in [1.807, 2.05) is 13.8 Å². The van der Waals surface area contributed by atoms with E-state index in [1.54, 1.807) is 0 Å². The van der Waals surface area contributed by atoms with E-state index < -0.39 is 10.8 Å². The number of hydrogen-bond donors (Lipinski definition) is 6. The largest absolute Gasteiger partial charge is 0.396 e. The van der Waals surface area contributed by atoms with Crippen LogP contribution in [0.1, 0.15) is 33.1 Å². The summed E-state index contributed by atoms with van der Waals surface area (Å²) in [5, 5.41) is 51.9. The first-order chi connectivity index (χ1) is 10.5. The van der Waals surface area contributed by atoms with Crippen LogP contribution >= 0.6 is 0 Å². The maximum absolute atomic E-state index is 8.66. The molecule has 6 N–H and O–H groups in total. The molecule has 0 atom stereocenters. The molecule has 0 aromatic rings. The van der Waals surface area contributed by atoms with Crippen molar-refractivity contribution in [2.24, 2.45) is 10.8 Å². The molecule has 0 saturated carbocycles. The van der Waals surface area contributed by atoms with Crippen molar-refractivity contribution in [2.45, 2.75) is 33.1 Å². The summed E-state index contributed by atoms with van der Waals surface area (Å²) in [5.74, 6) is 0. The summed E-state index contributed by atoms with van der Waals surface area (Å²) in [4.78, 5) is 0. The zero-order chi connectivity index (χ0) is 17.5. The van der Waals surface area contributed by atoms with Gasteiger partial charge in [-0.1, -0.05) is 13.8 Å². The number of hydrogen-bond acceptors (Lipinski definition) is 7. The molecule has 1 saturated heterocycles. The van der Waals surface area contributed by atoms with Crippen molar-refractivity contribution >= 4 is 0 Å². The molecule has 1 fully saturated rings. The molecular weight excluding hydrogens is 292 g/mol. The molecule has 0 bridgehead atoms. The maximum atomic E-state index is 8.66. The quantitative estimate of drug-likeness (QED) is 0.342. The van der Waals surface area contributed by atoms with Crippen molar-refractivity contribution in [2.75, 3.05) is 52.9 Å². The summed E-state index contributed by atoms with van der Waals surface area (Å²) < 4.78 is 4.72. The third kappa shape index (κ3) is 8.99. The Morgan fingerprint density at radius 3 is 0.818 bits per heavy atom. The van der Waals surface area contributed by atoms with Crippen molar-refractivity contribution in [1.82, 2.24) is 0 Å². The Kier molecular flexibility index (Phi) is 15.6. The van der Waals surface area contributed by atoms with Gasteiger partial charge in [0.05, 0.1) is 39.6 Å². The van der Waals surface area contributed by atoms with Gasteiger partial charge in [-0.25, -0.2) is 0 Å². The molecule has 1 aliphatic rings. The van der Waals surface area contributed by atoms with Crippen LogP contribution in [0.15, 0.2) is 0 Å². The zero-order valence-electron chi connectivity index (χ0n) is 13.9. The van der Waals surface area contributed by atoms with E-state index in [-0.39, 0.29) is 39.6 Å². The SMILES string of the molecule is C1COC1.CCC(CO)(CO)CO.CCC(CO)(CO)CO. The number of aliphatic hydroxyl groups is 6. The maximum Gasteiger partial charge on any atom is 0.0531 e. The van der Waals surface area contributed by atoms with E-state index in [4.69, 9.17) is 35.4 Å². The van der Waals surface area contributed by atoms with Crippen LogP contribution in [0.2, 0.25) is 0 Å². The fourth-order valence-corrected chi connectivity index (χ4v) is 1.12. The first-order valence-electron chi connectivity index (χ1n) is 7.72. The first kappa shape index (κ1) is 24.0. The average Bonchev–Trinajstić information content (AvgIpc) is 2.52. The molecule has 0 spiro atoms. The number of ether oxygens (including phenoxy) is 1. The van der Waals surface area contributed by atoms with Gasteiger partial charge in [-0.05, 0) is 19.3 Å². The van der Waals surface area contributed by atoms with Crippen molar-refractivity contribution in [3.05, 3.63) is 0 Å². The van der Waals surface area contributed by atoms with E-state index >= 15 is 0 Å². The smallest absolute Gasteiger partial charge is 0.0531 e. The van der Waals surface area contributed by atoms with Crippen LogP contribution < -0.4 is 0 Å². The lowest BCUT2D eigenvalue weighted by atomic mass is 9.88. The van der Waals surface area contributed by atoms with E-state index in [0.717, 1.165) is 13.2 Å². The molecule has 0 aromatic heterocycles. The van der Waals surface area contributed by atoms with Crippen LogP contribution in [0, 0.1) is 10.8 Å². The summed E-state index contributed by atoms with van der Waals surface area (Å²) in [6.07, 6.45) is 2.47. The monoisotopic (exact) mass is 326 g/mol. The Hall–Kier alpha value is -0.280. The molecule has 136 valence electrons. The highest BCUT2D eigenvalue weighted by Crippen LogP contribution is 2.18. The second-order valence-electron chi connectivity index (χ2n) is 5.62. The second kappa shape index (κ2) is 14.3. The van der Waals surface area contributed by atoms with Crippen molar-refractivity contribution in [3.63, 3.8) is 0 Å². The fraction of sp³-hybridized carbons (Fsp3) is 1.00. The van der Waals surface area contributed by atoms with Crippen molar-refractivity contribution < 1.29 is 35.4 Å². The summed E-state index contributed by atoms with van der Waals surface area (Å²) >= 11 is 0. The summed E-state index contributed by atoms with van der Waals surface area (Å²) in [6.45, 7) is 4.71. The average molecular weight is 326 g/mol. The topological polar surface area (TPSA) is 131 Å². The van der Waals surface area contributed by atoms with E-state index in [2.05, 4.69) is 0 Å².